The Bertz CT molecular complexity index is 1780. The van der Waals surface area contributed by atoms with Crippen molar-refractivity contribution in [2.75, 3.05) is 12.4 Å². The Kier molecular flexibility index (Phi) is 7.92. The smallest absolute Gasteiger partial charge is 0.321 e. The van der Waals surface area contributed by atoms with E-state index in [1.807, 2.05) is 62.4 Å². The molecule has 198 valence electrons. The minimum Gasteiger partial charge on any atom is -0.494 e. The van der Waals surface area contributed by atoms with Crippen molar-refractivity contribution in [2.45, 2.75) is 19.0 Å². The average molecular weight is 580 g/mol. The molecule has 0 aliphatic rings. The predicted molar refractivity (Wildman–Crippen MR) is 154 cm³/mol. The zero-order chi connectivity index (χ0) is 27.5. The fraction of sp³-hybridized carbons (Fsp3) is 0.143. The number of carbonyl (C=O) groups is 1. The maximum absolute atomic E-state index is 14.0. The van der Waals surface area contributed by atoms with Crippen LogP contribution in [0.15, 0.2) is 82.7 Å². The molecule has 0 saturated carbocycles. The number of hydrogen-bond donors (Lipinski definition) is 0. The molecule has 0 aliphatic heterocycles. The number of benzene rings is 3. The average Bonchev–Trinajstić information content (AvgIpc) is 3.26. The van der Waals surface area contributed by atoms with Crippen LogP contribution >= 0.6 is 35.3 Å². The molecule has 0 saturated heterocycles. The number of para-hydroxylation sites is 1. The van der Waals surface area contributed by atoms with Crippen LogP contribution in [0.4, 0.5) is 4.39 Å². The Morgan fingerprint density at radius 3 is 2.38 bits per heavy atom. The van der Waals surface area contributed by atoms with E-state index in [9.17, 15) is 14.0 Å². The first-order chi connectivity index (χ1) is 18.9. The summed E-state index contributed by atoms with van der Waals surface area (Å²) in [6.07, 6.45) is 0. The second-order valence-electron chi connectivity index (χ2n) is 8.35. The third-order valence-electron chi connectivity index (χ3n) is 5.65. The molecule has 0 fully saturated rings. The zero-order valence-electron chi connectivity index (χ0n) is 20.9. The number of ether oxygens (including phenoxy) is 2. The number of nitrogens with zero attached hydrogens (tertiary/aromatic N) is 3. The van der Waals surface area contributed by atoms with Gasteiger partial charge in [0.15, 0.2) is 26.3 Å². The molecule has 0 spiro atoms. The van der Waals surface area contributed by atoms with Gasteiger partial charge in [-0.3, -0.25) is 18.7 Å². The van der Waals surface area contributed by atoms with E-state index in [-0.39, 0.29) is 22.2 Å². The van der Waals surface area contributed by atoms with Gasteiger partial charge < -0.3 is 9.47 Å². The molecule has 5 aromatic rings. The molecule has 2 aromatic heterocycles. The Morgan fingerprint density at radius 2 is 1.69 bits per heavy atom. The molecule has 0 N–H and O–H groups in total. The molecular weight excluding hydrogens is 558 g/mol. The minimum atomic E-state index is -0.677. The van der Waals surface area contributed by atoms with E-state index in [4.69, 9.17) is 26.7 Å². The first kappa shape index (κ1) is 26.8. The van der Waals surface area contributed by atoms with Crippen molar-refractivity contribution in [3.8, 4) is 22.9 Å². The summed E-state index contributed by atoms with van der Waals surface area (Å²) < 4.78 is 28.7. The molecule has 5 rings (SSSR count). The highest BCUT2D eigenvalue weighted by molar-refractivity contribution is 7.99. The van der Waals surface area contributed by atoms with E-state index in [0.29, 0.717) is 32.3 Å². The first-order valence-electron chi connectivity index (χ1n) is 11.9. The summed E-state index contributed by atoms with van der Waals surface area (Å²) in [5, 5.41) is 0.273. The van der Waals surface area contributed by atoms with Gasteiger partial charge in [0, 0.05) is 5.69 Å². The normalized spacial score (nSPS) is 11.1. The van der Waals surface area contributed by atoms with Gasteiger partial charge in [0.05, 0.1) is 18.0 Å². The molecule has 7 nitrogen and oxygen atoms in total. The lowest BCUT2D eigenvalue weighted by Gasteiger charge is -2.13. The molecule has 3 aromatic carbocycles. The maximum atomic E-state index is 14.0. The third kappa shape index (κ3) is 5.65. The summed E-state index contributed by atoms with van der Waals surface area (Å²) >= 11 is 7.83. The molecule has 0 unspecified atom stereocenters. The van der Waals surface area contributed by atoms with Crippen molar-refractivity contribution in [1.82, 2.24) is 14.1 Å². The van der Waals surface area contributed by atoms with Crippen molar-refractivity contribution < 1.29 is 18.7 Å². The highest BCUT2D eigenvalue weighted by atomic mass is 32.2. The molecule has 0 aliphatic carbocycles. The molecule has 39 heavy (non-hydrogen) atoms. The molecule has 11 heteroatoms. The van der Waals surface area contributed by atoms with Crippen molar-refractivity contribution in [1.29, 1.82) is 0 Å². The molecule has 0 amide bonds. The fourth-order valence-corrected chi connectivity index (χ4v) is 5.92. The highest BCUT2D eigenvalue weighted by Gasteiger charge is 2.20. The third-order valence-corrected chi connectivity index (χ3v) is 7.92. The van der Waals surface area contributed by atoms with Gasteiger partial charge in [0.2, 0.25) is 0 Å². The lowest BCUT2D eigenvalue weighted by Crippen LogP contribution is -2.22. The van der Waals surface area contributed by atoms with Gasteiger partial charge in [-0.25, -0.2) is 9.37 Å². The topological polar surface area (TPSA) is 75.3 Å². The SMILES string of the molecule is CCOc1ccc(-n2c(=S)sc3c(=O)n(-c4ccc(C)cc4)c(SCC(=O)Oc4ccccc4F)nc32)cc1. The number of rotatable bonds is 8. The van der Waals surface area contributed by atoms with E-state index in [1.54, 1.807) is 10.6 Å². The van der Waals surface area contributed by atoms with Gasteiger partial charge in [0.1, 0.15) is 10.4 Å². The lowest BCUT2D eigenvalue weighted by molar-refractivity contribution is -0.131. The van der Waals surface area contributed by atoms with Crippen LogP contribution in [0.25, 0.3) is 21.7 Å². The minimum absolute atomic E-state index is 0.163. The Morgan fingerprint density at radius 1 is 1.03 bits per heavy atom. The number of halogens is 1. The van der Waals surface area contributed by atoms with Gasteiger partial charge in [-0.2, -0.15) is 0 Å². The summed E-state index contributed by atoms with van der Waals surface area (Å²) in [5.74, 6) is -0.967. The van der Waals surface area contributed by atoms with Crippen LogP contribution in [0, 0.1) is 16.7 Å². The number of aryl methyl sites for hydroxylation is 1. The molecule has 0 bridgehead atoms. The quantitative estimate of drug-likeness (QED) is 0.0682. The van der Waals surface area contributed by atoms with Gasteiger partial charge in [-0.05, 0) is 74.6 Å². The number of thioether (sulfide) groups is 1. The van der Waals surface area contributed by atoms with E-state index in [2.05, 4.69) is 0 Å². The Labute approximate surface area is 236 Å². The Hall–Kier alpha value is -3.80. The van der Waals surface area contributed by atoms with Gasteiger partial charge in [-0.1, -0.05) is 52.9 Å². The fourth-order valence-electron chi connectivity index (χ4n) is 3.84. The van der Waals surface area contributed by atoms with Crippen molar-refractivity contribution in [2.24, 2.45) is 0 Å². The summed E-state index contributed by atoms with van der Waals surface area (Å²) in [6.45, 7) is 4.40. The Balaban J connectivity index is 1.58. The van der Waals surface area contributed by atoms with E-state index < -0.39 is 11.8 Å². The largest absolute Gasteiger partial charge is 0.494 e. The number of esters is 1. The van der Waals surface area contributed by atoms with Crippen molar-refractivity contribution in [3.63, 3.8) is 0 Å². The number of thiazole rings is 1. The summed E-state index contributed by atoms with van der Waals surface area (Å²) in [6, 6.07) is 20.4. The van der Waals surface area contributed by atoms with Crippen LogP contribution in [-0.2, 0) is 4.79 Å². The van der Waals surface area contributed by atoms with Crippen molar-refractivity contribution >= 4 is 51.6 Å². The summed E-state index contributed by atoms with van der Waals surface area (Å²) in [7, 11) is 0. The lowest BCUT2D eigenvalue weighted by atomic mass is 10.2. The number of hydrogen-bond acceptors (Lipinski definition) is 8. The summed E-state index contributed by atoms with van der Waals surface area (Å²) in [4.78, 5) is 31.2. The monoisotopic (exact) mass is 579 g/mol. The maximum Gasteiger partial charge on any atom is 0.321 e. The molecular formula is C28H22FN3O4S3. The number of aromatic nitrogens is 3. The van der Waals surface area contributed by atoms with Crippen LogP contribution < -0.4 is 15.0 Å². The van der Waals surface area contributed by atoms with E-state index in [0.717, 1.165) is 23.0 Å². The number of carbonyl (C=O) groups excluding carboxylic acids is 1. The van der Waals surface area contributed by atoms with E-state index >= 15 is 0 Å². The van der Waals surface area contributed by atoms with Gasteiger partial charge >= 0.3 is 5.97 Å². The second kappa shape index (κ2) is 11.5. The highest BCUT2D eigenvalue weighted by Crippen LogP contribution is 2.28. The van der Waals surface area contributed by atoms with Crippen LogP contribution in [0.2, 0.25) is 0 Å². The first-order valence-corrected chi connectivity index (χ1v) is 14.1. The van der Waals surface area contributed by atoms with Crippen molar-refractivity contribution in [3.05, 3.63) is 98.5 Å². The van der Waals surface area contributed by atoms with Crippen LogP contribution in [-0.4, -0.2) is 32.4 Å². The predicted octanol–water partition coefficient (Wildman–Crippen LogP) is 6.51. The number of fused-ring (bicyclic) bond motifs is 1. The zero-order valence-corrected chi connectivity index (χ0v) is 23.4. The molecule has 2 heterocycles. The van der Waals surface area contributed by atoms with Gasteiger partial charge in [-0.15, -0.1) is 0 Å². The van der Waals surface area contributed by atoms with E-state index in [1.165, 1.54) is 34.1 Å². The van der Waals surface area contributed by atoms with Gasteiger partial charge in [0.25, 0.3) is 5.56 Å². The summed E-state index contributed by atoms with van der Waals surface area (Å²) in [5.41, 5.74) is 2.42. The molecule has 0 radical (unpaired) electrons. The molecule has 0 atom stereocenters. The van der Waals surface area contributed by atoms with Crippen LogP contribution in [0.3, 0.4) is 0 Å². The van der Waals surface area contributed by atoms with Crippen LogP contribution in [0.5, 0.6) is 11.5 Å². The standard InChI is InChI=1S/C28H22FN3O4S3/c1-3-35-20-14-12-18(13-15-20)31-25-24(39-28(31)37)26(34)32(19-10-8-17(2)9-11-19)27(30-25)38-16-23(33)36-22-7-5-4-6-21(22)29/h4-15H,3,16H2,1-2H3. The van der Waals surface area contributed by atoms with Crippen LogP contribution in [0.1, 0.15) is 12.5 Å². The second-order valence-corrected chi connectivity index (χ2v) is 10.9.